The van der Waals surface area contributed by atoms with Crippen molar-refractivity contribution in [2.45, 2.75) is 33.7 Å². The second-order valence-electron chi connectivity index (χ2n) is 6.31. The summed E-state index contributed by atoms with van der Waals surface area (Å²) in [5.41, 5.74) is 3.21. The van der Waals surface area contributed by atoms with Crippen LogP contribution in [-0.2, 0) is 16.1 Å². The molecule has 2 amide bonds. The van der Waals surface area contributed by atoms with Crippen molar-refractivity contribution in [2.24, 2.45) is 5.92 Å². The Bertz CT molecular complexity index is 748. The lowest BCUT2D eigenvalue weighted by Crippen LogP contribution is -2.28. The molecular formula is C18H21N3O2S. The van der Waals surface area contributed by atoms with Gasteiger partial charge in [-0.25, -0.2) is 4.98 Å². The third-order valence-corrected chi connectivity index (χ3v) is 5.33. The molecule has 1 aromatic carbocycles. The molecule has 0 radical (unpaired) electrons. The Morgan fingerprint density at radius 3 is 2.62 bits per heavy atom. The van der Waals surface area contributed by atoms with Crippen molar-refractivity contribution in [3.05, 3.63) is 46.0 Å². The van der Waals surface area contributed by atoms with Crippen LogP contribution in [0.2, 0.25) is 0 Å². The Morgan fingerprint density at radius 2 is 2.00 bits per heavy atom. The Hall–Kier alpha value is -2.21. The summed E-state index contributed by atoms with van der Waals surface area (Å²) in [6.07, 6.45) is 0.265. The summed E-state index contributed by atoms with van der Waals surface area (Å²) in [5, 5.41) is 3.46. The summed E-state index contributed by atoms with van der Waals surface area (Å²) >= 11 is 1.47. The van der Waals surface area contributed by atoms with Crippen molar-refractivity contribution < 1.29 is 9.59 Å². The number of carbonyl (C=O) groups is 2. The first-order valence-corrected chi connectivity index (χ1v) is 8.82. The number of likely N-dealkylation sites (tertiary alicyclic amines) is 1. The van der Waals surface area contributed by atoms with Gasteiger partial charge >= 0.3 is 0 Å². The molecule has 0 saturated carbocycles. The zero-order chi connectivity index (χ0) is 17.3. The number of thiazole rings is 1. The molecule has 2 heterocycles. The molecule has 3 rings (SSSR count). The number of nitrogens with zero attached hydrogens (tertiary/aromatic N) is 2. The minimum atomic E-state index is -0.313. The number of aryl methyl sites for hydroxylation is 3. The summed E-state index contributed by atoms with van der Waals surface area (Å²) < 4.78 is 0. The number of rotatable bonds is 4. The fourth-order valence-corrected chi connectivity index (χ4v) is 3.57. The van der Waals surface area contributed by atoms with E-state index in [-0.39, 0.29) is 24.2 Å². The maximum absolute atomic E-state index is 12.4. The number of anilines is 1. The van der Waals surface area contributed by atoms with E-state index >= 15 is 0 Å². The molecule has 0 bridgehead atoms. The fraction of sp³-hybridized carbons (Fsp3) is 0.389. The van der Waals surface area contributed by atoms with Gasteiger partial charge in [0.25, 0.3) is 0 Å². The average Bonchev–Trinajstić information content (AvgIpc) is 3.05. The fourth-order valence-electron chi connectivity index (χ4n) is 2.75. The summed E-state index contributed by atoms with van der Waals surface area (Å²) in [6.45, 7) is 6.95. The summed E-state index contributed by atoms with van der Waals surface area (Å²) in [4.78, 5) is 31.8. The number of carbonyl (C=O) groups excluding carboxylic acids is 2. The van der Waals surface area contributed by atoms with Gasteiger partial charge in [-0.15, -0.1) is 11.3 Å². The third kappa shape index (κ3) is 3.64. The topological polar surface area (TPSA) is 62.3 Å². The van der Waals surface area contributed by atoms with Crippen LogP contribution in [0.25, 0.3) is 0 Å². The van der Waals surface area contributed by atoms with Crippen molar-refractivity contribution in [3.8, 4) is 0 Å². The monoisotopic (exact) mass is 343 g/mol. The maximum Gasteiger partial charge on any atom is 0.231 e. The van der Waals surface area contributed by atoms with Gasteiger partial charge in [0, 0.05) is 24.4 Å². The Labute approximate surface area is 145 Å². The smallest absolute Gasteiger partial charge is 0.231 e. The molecular weight excluding hydrogens is 322 g/mol. The Kier molecular flexibility index (Phi) is 4.66. The lowest BCUT2D eigenvalue weighted by Gasteiger charge is -2.16. The van der Waals surface area contributed by atoms with Gasteiger partial charge in [-0.3, -0.25) is 9.59 Å². The lowest BCUT2D eigenvalue weighted by molar-refractivity contribution is -0.128. The number of amides is 2. The number of benzene rings is 1. The molecule has 126 valence electrons. The molecule has 1 aromatic heterocycles. The van der Waals surface area contributed by atoms with Gasteiger partial charge in [-0.1, -0.05) is 29.8 Å². The van der Waals surface area contributed by atoms with Crippen LogP contribution in [0.15, 0.2) is 24.3 Å². The van der Waals surface area contributed by atoms with Crippen molar-refractivity contribution in [1.82, 2.24) is 9.88 Å². The zero-order valence-electron chi connectivity index (χ0n) is 14.1. The van der Waals surface area contributed by atoms with Gasteiger partial charge in [0.2, 0.25) is 11.8 Å². The SMILES string of the molecule is Cc1ccc(CN2CC(C(=O)Nc3nc(C)c(C)s3)CC2=O)cc1. The molecule has 5 nitrogen and oxygen atoms in total. The van der Waals surface area contributed by atoms with E-state index in [4.69, 9.17) is 0 Å². The first-order valence-electron chi connectivity index (χ1n) is 8.00. The van der Waals surface area contributed by atoms with Gasteiger partial charge in [0.1, 0.15) is 0 Å². The van der Waals surface area contributed by atoms with Crippen LogP contribution in [0.3, 0.4) is 0 Å². The molecule has 1 aliphatic rings. The first-order chi connectivity index (χ1) is 11.4. The predicted octanol–water partition coefficient (Wildman–Crippen LogP) is 3.06. The second-order valence-corrected chi connectivity index (χ2v) is 7.51. The average molecular weight is 343 g/mol. The molecule has 1 saturated heterocycles. The first kappa shape index (κ1) is 16.6. The molecule has 1 fully saturated rings. The highest BCUT2D eigenvalue weighted by atomic mass is 32.1. The second kappa shape index (κ2) is 6.73. The van der Waals surface area contributed by atoms with Crippen LogP contribution >= 0.6 is 11.3 Å². The summed E-state index contributed by atoms with van der Waals surface area (Å²) in [6, 6.07) is 8.12. The van der Waals surface area contributed by atoms with Gasteiger partial charge in [0.05, 0.1) is 11.6 Å². The minimum Gasteiger partial charge on any atom is -0.338 e. The van der Waals surface area contributed by atoms with Crippen LogP contribution in [0.4, 0.5) is 5.13 Å². The van der Waals surface area contributed by atoms with Crippen LogP contribution in [0.1, 0.15) is 28.1 Å². The van der Waals surface area contributed by atoms with Crippen molar-refractivity contribution in [2.75, 3.05) is 11.9 Å². The zero-order valence-corrected chi connectivity index (χ0v) is 14.9. The maximum atomic E-state index is 12.4. The molecule has 1 unspecified atom stereocenters. The van der Waals surface area contributed by atoms with Crippen LogP contribution in [-0.4, -0.2) is 28.2 Å². The van der Waals surface area contributed by atoms with Crippen LogP contribution < -0.4 is 5.32 Å². The molecule has 0 aliphatic carbocycles. The molecule has 24 heavy (non-hydrogen) atoms. The van der Waals surface area contributed by atoms with E-state index in [1.807, 2.05) is 45.0 Å². The Morgan fingerprint density at radius 1 is 1.29 bits per heavy atom. The Balaban J connectivity index is 1.61. The van der Waals surface area contributed by atoms with Crippen molar-refractivity contribution in [3.63, 3.8) is 0 Å². The predicted molar refractivity (Wildman–Crippen MR) is 94.9 cm³/mol. The van der Waals surface area contributed by atoms with Crippen molar-refractivity contribution in [1.29, 1.82) is 0 Å². The van der Waals surface area contributed by atoms with Crippen LogP contribution in [0.5, 0.6) is 0 Å². The molecule has 1 N–H and O–H groups in total. The highest BCUT2D eigenvalue weighted by Crippen LogP contribution is 2.25. The number of aromatic nitrogens is 1. The quantitative estimate of drug-likeness (QED) is 0.928. The van der Waals surface area contributed by atoms with E-state index in [9.17, 15) is 9.59 Å². The molecule has 6 heteroatoms. The highest BCUT2D eigenvalue weighted by Gasteiger charge is 2.34. The lowest BCUT2D eigenvalue weighted by atomic mass is 10.1. The largest absolute Gasteiger partial charge is 0.338 e. The standard InChI is InChI=1S/C18H21N3O2S/c1-11-4-6-14(7-5-11)9-21-10-15(8-16(21)22)17(23)20-18-19-12(2)13(3)24-18/h4-7,15H,8-10H2,1-3H3,(H,19,20,23). The van der Waals surface area contributed by atoms with E-state index in [0.717, 1.165) is 16.1 Å². The number of nitrogens with one attached hydrogen (secondary N) is 1. The molecule has 1 atom stereocenters. The minimum absolute atomic E-state index is 0.0298. The van der Waals surface area contributed by atoms with E-state index in [1.54, 1.807) is 4.90 Å². The van der Waals surface area contributed by atoms with E-state index in [2.05, 4.69) is 10.3 Å². The molecule has 0 spiro atoms. The van der Waals surface area contributed by atoms with Gasteiger partial charge < -0.3 is 10.2 Å². The number of hydrogen-bond donors (Lipinski definition) is 1. The van der Waals surface area contributed by atoms with E-state index < -0.39 is 0 Å². The van der Waals surface area contributed by atoms with Gasteiger partial charge in [-0.05, 0) is 26.3 Å². The summed E-state index contributed by atoms with van der Waals surface area (Å²) in [5.74, 6) is -0.404. The van der Waals surface area contributed by atoms with Gasteiger partial charge in [0.15, 0.2) is 5.13 Å². The van der Waals surface area contributed by atoms with E-state index in [1.165, 1.54) is 16.9 Å². The molecule has 1 aliphatic heterocycles. The van der Waals surface area contributed by atoms with Gasteiger partial charge in [-0.2, -0.15) is 0 Å². The van der Waals surface area contributed by atoms with Crippen molar-refractivity contribution >= 4 is 28.3 Å². The summed E-state index contributed by atoms with van der Waals surface area (Å²) in [7, 11) is 0. The highest BCUT2D eigenvalue weighted by molar-refractivity contribution is 7.15. The third-order valence-electron chi connectivity index (χ3n) is 4.34. The number of hydrogen-bond acceptors (Lipinski definition) is 4. The van der Waals surface area contributed by atoms with E-state index in [0.29, 0.717) is 18.2 Å². The molecule has 2 aromatic rings. The normalized spacial score (nSPS) is 17.4. The van der Waals surface area contributed by atoms with Crippen LogP contribution in [0, 0.1) is 26.7 Å².